The Hall–Kier alpha value is -3.12. The third-order valence-corrected chi connectivity index (χ3v) is 5.96. The van der Waals surface area contributed by atoms with Crippen molar-refractivity contribution in [2.75, 3.05) is 10.0 Å². The van der Waals surface area contributed by atoms with Gasteiger partial charge >= 0.3 is 0 Å². The Labute approximate surface area is 165 Å². The molecule has 3 aromatic carbocycles. The summed E-state index contributed by atoms with van der Waals surface area (Å²) in [6.45, 7) is 5.53. The summed E-state index contributed by atoms with van der Waals surface area (Å²) in [6.07, 6.45) is 0. The lowest BCUT2D eigenvalue weighted by Crippen LogP contribution is -2.17. The van der Waals surface area contributed by atoms with Crippen molar-refractivity contribution in [2.24, 2.45) is 0 Å². The van der Waals surface area contributed by atoms with Crippen LogP contribution in [-0.2, 0) is 10.0 Å². The SMILES string of the molecule is Cc1ccc(NS(=O)(=O)c2cc(C(=O)Nc3ccccc3C)ccc2C)cc1. The first-order valence-corrected chi connectivity index (χ1v) is 10.3. The van der Waals surface area contributed by atoms with Crippen LogP contribution in [0.25, 0.3) is 0 Å². The minimum Gasteiger partial charge on any atom is -0.322 e. The second kappa shape index (κ2) is 7.86. The predicted octanol–water partition coefficient (Wildman–Crippen LogP) is 4.66. The minimum atomic E-state index is -3.82. The number of sulfonamides is 1. The number of rotatable bonds is 5. The van der Waals surface area contributed by atoms with Crippen molar-refractivity contribution in [2.45, 2.75) is 25.7 Å². The monoisotopic (exact) mass is 394 g/mol. The maximum Gasteiger partial charge on any atom is 0.262 e. The Morgan fingerprint density at radius 3 is 2.18 bits per heavy atom. The highest BCUT2D eigenvalue weighted by Gasteiger charge is 2.19. The first-order chi connectivity index (χ1) is 13.3. The van der Waals surface area contributed by atoms with Gasteiger partial charge < -0.3 is 5.32 Å². The number of para-hydroxylation sites is 1. The molecule has 2 N–H and O–H groups in total. The van der Waals surface area contributed by atoms with Gasteiger partial charge in [0.05, 0.1) is 4.90 Å². The molecule has 0 aliphatic carbocycles. The summed E-state index contributed by atoms with van der Waals surface area (Å²) < 4.78 is 28.3. The number of hydrogen-bond acceptors (Lipinski definition) is 3. The molecule has 0 aliphatic rings. The van der Waals surface area contributed by atoms with Crippen LogP contribution in [0.2, 0.25) is 0 Å². The number of carbonyl (C=O) groups excluding carboxylic acids is 1. The van der Waals surface area contributed by atoms with Crippen LogP contribution >= 0.6 is 0 Å². The maximum atomic E-state index is 12.9. The fourth-order valence-corrected chi connectivity index (χ4v) is 4.10. The molecule has 0 saturated heterocycles. The van der Waals surface area contributed by atoms with Crippen LogP contribution in [0.5, 0.6) is 0 Å². The van der Waals surface area contributed by atoms with Crippen LogP contribution in [-0.4, -0.2) is 14.3 Å². The summed E-state index contributed by atoms with van der Waals surface area (Å²) in [5.74, 6) is -0.360. The Balaban J connectivity index is 1.89. The van der Waals surface area contributed by atoms with Crippen molar-refractivity contribution in [1.82, 2.24) is 0 Å². The number of hydrogen-bond donors (Lipinski definition) is 2. The summed E-state index contributed by atoms with van der Waals surface area (Å²) in [6, 6.07) is 19.1. The van der Waals surface area contributed by atoms with E-state index in [1.165, 1.54) is 6.07 Å². The minimum absolute atomic E-state index is 0.0745. The van der Waals surface area contributed by atoms with Gasteiger partial charge in [-0.3, -0.25) is 9.52 Å². The lowest BCUT2D eigenvalue weighted by atomic mass is 10.1. The standard InChI is InChI=1S/C22H22N2O3S/c1-15-8-12-19(13-9-15)24-28(26,27)21-14-18(11-10-17(21)3)22(25)23-20-7-5-4-6-16(20)2/h4-14,24H,1-3H3,(H,23,25). The molecular formula is C22H22N2O3S. The van der Waals surface area contributed by atoms with Crippen LogP contribution in [0.3, 0.4) is 0 Å². The average molecular weight is 394 g/mol. The fraction of sp³-hybridized carbons (Fsp3) is 0.136. The lowest BCUT2D eigenvalue weighted by Gasteiger charge is -2.13. The van der Waals surface area contributed by atoms with Crippen molar-refractivity contribution in [3.63, 3.8) is 0 Å². The van der Waals surface area contributed by atoms with Crippen LogP contribution in [0.4, 0.5) is 11.4 Å². The van der Waals surface area contributed by atoms with E-state index >= 15 is 0 Å². The van der Waals surface area contributed by atoms with Crippen LogP contribution in [0.15, 0.2) is 71.6 Å². The van der Waals surface area contributed by atoms with E-state index in [9.17, 15) is 13.2 Å². The number of aryl methyl sites for hydroxylation is 3. The topological polar surface area (TPSA) is 75.3 Å². The predicted molar refractivity (Wildman–Crippen MR) is 112 cm³/mol. The van der Waals surface area contributed by atoms with Crippen molar-refractivity contribution in [1.29, 1.82) is 0 Å². The van der Waals surface area contributed by atoms with E-state index in [-0.39, 0.29) is 16.4 Å². The largest absolute Gasteiger partial charge is 0.322 e. The Kier molecular flexibility index (Phi) is 5.51. The van der Waals surface area contributed by atoms with E-state index in [1.54, 1.807) is 37.3 Å². The molecule has 28 heavy (non-hydrogen) atoms. The smallest absolute Gasteiger partial charge is 0.262 e. The normalized spacial score (nSPS) is 11.1. The molecule has 144 valence electrons. The third kappa shape index (κ3) is 4.40. The lowest BCUT2D eigenvalue weighted by molar-refractivity contribution is 0.102. The van der Waals surface area contributed by atoms with Gasteiger partial charge in [-0.2, -0.15) is 0 Å². The fourth-order valence-electron chi connectivity index (χ4n) is 2.77. The molecule has 0 unspecified atom stereocenters. The van der Waals surface area contributed by atoms with Crippen molar-refractivity contribution < 1.29 is 13.2 Å². The van der Waals surface area contributed by atoms with Gasteiger partial charge in [-0.15, -0.1) is 0 Å². The molecule has 0 heterocycles. The van der Waals surface area contributed by atoms with Gasteiger partial charge in [0.25, 0.3) is 15.9 Å². The molecule has 0 aromatic heterocycles. The molecule has 0 spiro atoms. The molecule has 5 nitrogen and oxygen atoms in total. The highest BCUT2D eigenvalue weighted by atomic mass is 32.2. The second-order valence-electron chi connectivity index (χ2n) is 6.72. The molecule has 0 atom stereocenters. The van der Waals surface area contributed by atoms with E-state index in [4.69, 9.17) is 0 Å². The van der Waals surface area contributed by atoms with E-state index in [0.717, 1.165) is 11.1 Å². The molecule has 0 bridgehead atoms. The van der Waals surface area contributed by atoms with E-state index < -0.39 is 10.0 Å². The van der Waals surface area contributed by atoms with Crippen molar-refractivity contribution in [3.05, 3.63) is 89.0 Å². The third-order valence-electron chi connectivity index (χ3n) is 4.44. The van der Waals surface area contributed by atoms with Gasteiger partial charge in [-0.1, -0.05) is 42.0 Å². The summed E-state index contributed by atoms with van der Waals surface area (Å²) in [4.78, 5) is 12.7. The molecule has 3 aromatic rings. The molecule has 3 rings (SSSR count). The number of anilines is 2. The molecule has 0 aliphatic heterocycles. The number of benzene rings is 3. The first-order valence-electron chi connectivity index (χ1n) is 8.83. The van der Waals surface area contributed by atoms with Crippen molar-refractivity contribution in [3.8, 4) is 0 Å². The zero-order chi connectivity index (χ0) is 20.3. The Morgan fingerprint density at radius 2 is 1.50 bits per heavy atom. The van der Waals surface area contributed by atoms with Gasteiger partial charge in [0, 0.05) is 16.9 Å². The van der Waals surface area contributed by atoms with E-state index in [0.29, 0.717) is 16.9 Å². The van der Waals surface area contributed by atoms with Gasteiger partial charge in [0.15, 0.2) is 0 Å². The van der Waals surface area contributed by atoms with Gasteiger partial charge in [-0.05, 0) is 62.2 Å². The molecule has 1 amide bonds. The number of amides is 1. The van der Waals surface area contributed by atoms with Crippen LogP contribution in [0.1, 0.15) is 27.0 Å². The highest BCUT2D eigenvalue weighted by molar-refractivity contribution is 7.92. The van der Waals surface area contributed by atoms with E-state index in [2.05, 4.69) is 10.0 Å². The summed E-state index contributed by atoms with van der Waals surface area (Å²) in [5, 5.41) is 2.83. The molecule has 6 heteroatoms. The Bertz CT molecular complexity index is 1120. The zero-order valence-electron chi connectivity index (χ0n) is 16.0. The molecular weight excluding hydrogens is 372 g/mol. The van der Waals surface area contributed by atoms with Crippen LogP contribution in [0, 0.1) is 20.8 Å². The first kappa shape index (κ1) is 19.6. The number of nitrogens with one attached hydrogen (secondary N) is 2. The second-order valence-corrected chi connectivity index (χ2v) is 8.37. The summed E-state index contributed by atoms with van der Waals surface area (Å²) in [7, 11) is -3.82. The highest BCUT2D eigenvalue weighted by Crippen LogP contribution is 2.22. The van der Waals surface area contributed by atoms with E-state index in [1.807, 2.05) is 44.2 Å². The molecule has 0 fully saturated rings. The van der Waals surface area contributed by atoms with Gasteiger partial charge in [0.2, 0.25) is 0 Å². The summed E-state index contributed by atoms with van der Waals surface area (Å²) in [5.41, 5.74) is 3.96. The maximum absolute atomic E-state index is 12.9. The number of carbonyl (C=O) groups is 1. The quantitative estimate of drug-likeness (QED) is 0.661. The zero-order valence-corrected chi connectivity index (χ0v) is 16.8. The Morgan fingerprint density at radius 1 is 0.821 bits per heavy atom. The van der Waals surface area contributed by atoms with Gasteiger partial charge in [0.1, 0.15) is 0 Å². The van der Waals surface area contributed by atoms with Crippen LogP contribution < -0.4 is 10.0 Å². The molecule has 0 saturated carbocycles. The molecule has 0 radical (unpaired) electrons. The van der Waals surface area contributed by atoms with Crippen molar-refractivity contribution >= 4 is 27.3 Å². The van der Waals surface area contributed by atoms with Gasteiger partial charge in [-0.25, -0.2) is 8.42 Å². The average Bonchev–Trinajstić information content (AvgIpc) is 2.65. The summed E-state index contributed by atoms with van der Waals surface area (Å²) >= 11 is 0.